The van der Waals surface area contributed by atoms with Gasteiger partial charge in [-0.05, 0) is 119 Å². The van der Waals surface area contributed by atoms with Crippen LogP contribution in [0.5, 0.6) is 46.0 Å². The molecule has 6 rings (SSSR count). The van der Waals surface area contributed by atoms with E-state index in [1.54, 1.807) is 18.2 Å². The van der Waals surface area contributed by atoms with Crippen molar-refractivity contribution in [2.24, 2.45) is 0 Å². The third kappa shape index (κ3) is 18.5. The van der Waals surface area contributed by atoms with Crippen molar-refractivity contribution in [2.45, 2.75) is 132 Å². The number of aryl methyl sites for hydroxylation is 4. The van der Waals surface area contributed by atoms with Crippen molar-refractivity contribution < 1.29 is 54.5 Å². The Labute approximate surface area is 468 Å². The fraction of sp³-hybridized carbons (Fsp3) is 0.357. The first kappa shape index (κ1) is 62.6. The van der Waals surface area contributed by atoms with Gasteiger partial charge in [-0.2, -0.15) is 0 Å². The fourth-order valence-corrected chi connectivity index (χ4v) is 12.6. The lowest BCUT2D eigenvalue weighted by atomic mass is 9.80. The highest BCUT2D eigenvalue weighted by Gasteiger charge is 2.34. The van der Waals surface area contributed by atoms with Crippen molar-refractivity contribution in [1.82, 2.24) is 0 Å². The Morgan fingerprint density at radius 1 is 0.316 bits per heavy atom. The molecule has 0 aliphatic rings. The third-order valence-electron chi connectivity index (χ3n) is 11.4. The largest absolute Gasteiger partial charge is 0.530 e. The highest BCUT2D eigenvalue weighted by Crippen LogP contribution is 2.59. The zero-order chi connectivity index (χ0) is 57.0. The molecule has 0 bridgehead atoms. The molecule has 0 heterocycles. The quantitative estimate of drug-likeness (QED) is 0.0851. The second-order valence-electron chi connectivity index (χ2n) is 22.3. The molecule has 0 radical (unpaired) electrons. The molecule has 0 aromatic heterocycles. The summed E-state index contributed by atoms with van der Waals surface area (Å²) >= 11 is 24.7. The Kier molecular flexibility index (Phi) is 19.8. The van der Waals surface area contributed by atoms with Crippen LogP contribution in [0.3, 0.4) is 0 Å². The molecule has 0 N–H and O–H groups in total. The maximum absolute atomic E-state index is 13.4. The summed E-state index contributed by atoms with van der Waals surface area (Å²) in [6.45, 7) is 15.8. The van der Waals surface area contributed by atoms with E-state index in [0.717, 1.165) is 44.5 Å². The van der Waals surface area contributed by atoms with Gasteiger partial charge in [0.05, 0.1) is 0 Å². The first-order chi connectivity index (χ1) is 34.7. The van der Waals surface area contributed by atoms with E-state index in [1.807, 2.05) is 130 Å². The lowest BCUT2D eigenvalue weighted by Gasteiger charge is -2.28. The average Bonchev–Trinajstić information content (AvgIpc) is 3.24. The molecule has 6 aromatic carbocycles. The molecule has 0 aliphatic heterocycles. The van der Waals surface area contributed by atoms with Gasteiger partial charge in [-0.3, -0.25) is 0 Å². The van der Waals surface area contributed by atoms with Gasteiger partial charge in [-0.1, -0.05) is 156 Å². The van der Waals surface area contributed by atoms with Crippen LogP contribution >= 0.6 is 72.8 Å². The van der Waals surface area contributed by atoms with Gasteiger partial charge in [-0.25, -0.2) is 18.3 Å². The van der Waals surface area contributed by atoms with Gasteiger partial charge in [-0.15, -0.1) is 0 Å². The fourth-order valence-electron chi connectivity index (χ4n) is 7.42. The monoisotopic (exact) mass is 1200 g/mol. The maximum Gasteiger partial charge on any atom is 0.530 e. The van der Waals surface area contributed by atoms with Gasteiger partial charge in [0.1, 0.15) is 46.0 Å². The molecule has 6 aromatic rings. The predicted molar refractivity (Wildman–Crippen MR) is 311 cm³/mol. The smallest absolute Gasteiger partial charge is 0.405 e. The highest BCUT2D eigenvalue weighted by molar-refractivity contribution is 7.83. The van der Waals surface area contributed by atoms with Gasteiger partial charge >= 0.3 is 27.8 Å². The van der Waals surface area contributed by atoms with E-state index < -0.39 is 27.8 Å². The topological polar surface area (TPSA) is 142 Å². The van der Waals surface area contributed by atoms with Crippen LogP contribution < -0.4 is 36.2 Å². The summed E-state index contributed by atoms with van der Waals surface area (Å²) in [6.07, 6.45) is 0. The minimum absolute atomic E-state index is 0.0750. The van der Waals surface area contributed by atoms with Crippen molar-refractivity contribution >= 4 is 72.8 Å². The summed E-state index contributed by atoms with van der Waals surface area (Å²) in [7, 11) is 0. The lowest BCUT2D eigenvalue weighted by molar-refractivity contribution is 0.392. The average molecular weight is 1200 g/mol. The molecular weight excluding hydrogens is 1130 g/mol. The van der Waals surface area contributed by atoms with Crippen LogP contribution in [-0.4, -0.2) is 0 Å². The molecule has 4 atom stereocenters. The van der Waals surface area contributed by atoms with E-state index in [9.17, 15) is 18.3 Å². The van der Waals surface area contributed by atoms with E-state index in [4.69, 9.17) is 81.2 Å². The second kappa shape index (κ2) is 24.0. The van der Waals surface area contributed by atoms with Crippen LogP contribution in [0.2, 0.25) is 0 Å². The Balaban J connectivity index is 0.000000295. The van der Waals surface area contributed by atoms with Crippen molar-refractivity contribution in [3.8, 4) is 46.0 Å². The van der Waals surface area contributed by atoms with Crippen LogP contribution in [0.15, 0.2) is 121 Å². The van der Waals surface area contributed by atoms with Crippen molar-refractivity contribution in [3.63, 3.8) is 0 Å². The second-order valence-corrected chi connectivity index (χ2v) is 32.1. The lowest BCUT2D eigenvalue weighted by Crippen LogP contribution is -2.17. The molecule has 0 fully saturated rings. The number of rotatable bonds is 16. The van der Waals surface area contributed by atoms with Gasteiger partial charge < -0.3 is 36.2 Å². The summed E-state index contributed by atoms with van der Waals surface area (Å²) in [4.78, 5) is 0. The molecule has 412 valence electrons. The van der Waals surface area contributed by atoms with Gasteiger partial charge in [0, 0.05) is 68.2 Å². The van der Waals surface area contributed by atoms with Crippen LogP contribution in [-0.2, 0) is 39.9 Å². The van der Waals surface area contributed by atoms with E-state index >= 15 is 0 Å². The Bertz CT molecular complexity index is 3000. The SMILES string of the molecule is CC(C)(C)c1ccc(OP(=O)(Cl)Oc2cccc(OP(=O)(Cl)Oc3ccc(C(C)(C)C)cc3C(C)(C)C)c2)c(C(C)(C)C)c1.Cc1cccc(C)c1OP(=O)(Cl)Oc1cccc(OP(=O)(Cl)Oc2c(C)cccc2C)c1. The summed E-state index contributed by atoms with van der Waals surface area (Å²) in [5.74, 6) is 1.80. The van der Waals surface area contributed by atoms with E-state index in [1.165, 1.54) is 42.5 Å². The number of hydrogen-bond donors (Lipinski definition) is 0. The molecule has 4 unspecified atom stereocenters. The van der Waals surface area contributed by atoms with Crippen molar-refractivity contribution in [1.29, 1.82) is 0 Å². The van der Waals surface area contributed by atoms with Crippen molar-refractivity contribution in [3.05, 3.63) is 166 Å². The maximum atomic E-state index is 13.4. The van der Waals surface area contributed by atoms with Crippen LogP contribution in [0.25, 0.3) is 0 Å². The zero-order valence-corrected chi connectivity index (χ0v) is 52.3. The summed E-state index contributed by atoms with van der Waals surface area (Å²) in [6, 6.07) is 34.3. The summed E-state index contributed by atoms with van der Waals surface area (Å²) in [5.41, 5.74) is 6.15. The predicted octanol–water partition coefficient (Wildman–Crippen LogP) is 21.0. The Hall–Kier alpha value is -4.20. The Morgan fingerprint density at radius 2 is 0.566 bits per heavy atom. The van der Waals surface area contributed by atoms with E-state index in [2.05, 4.69) is 41.5 Å². The molecule has 0 amide bonds. The standard InChI is InChI=1S/C34H46Cl2O6P2.C22H22Cl2O6P2/c1-31(2,3)23-16-18-29(27(20-23)33(7,8)9)41-43(35,37)39-25-14-13-15-26(22-25)40-44(36,38)42-30-19-17-24(32(4,5)6)21-28(30)34(10,11)12;1-15-8-5-9-16(2)21(15)29-31(23,25)27-19-12-7-13-20(14-19)28-32(24,26)30-22-17(3)10-6-11-18(22)4/h13-22H,1-12H3;5-14H,1-4H3. The summed E-state index contributed by atoms with van der Waals surface area (Å²) < 4.78 is 96.6. The molecular formula is C56H68Cl4O12P4. The molecule has 0 aliphatic carbocycles. The van der Waals surface area contributed by atoms with E-state index in [-0.39, 0.29) is 44.7 Å². The van der Waals surface area contributed by atoms with Crippen LogP contribution in [0.4, 0.5) is 0 Å². The highest BCUT2D eigenvalue weighted by atomic mass is 35.7. The van der Waals surface area contributed by atoms with Crippen LogP contribution in [0.1, 0.15) is 128 Å². The summed E-state index contributed by atoms with van der Waals surface area (Å²) in [5, 5.41) is 0. The number of benzene rings is 6. The minimum atomic E-state index is -4.17. The molecule has 12 nitrogen and oxygen atoms in total. The molecule has 20 heteroatoms. The van der Waals surface area contributed by atoms with E-state index in [0.29, 0.717) is 23.0 Å². The first-order valence-corrected chi connectivity index (χ1v) is 33.9. The minimum Gasteiger partial charge on any atom is -0.405 e. The number of hydrogen-bond acceptors (Lipinski definition) is 12. The molecule has 0 spiro atoms. The van der Waals surface area contributed by atoms with Gasteiger partial charge in [0.15, 0.2) is 0 Å². The van der Waals surface area contributed by atoms with Crippen molar-refractivity contribution in [2.75, 3.05) is 0 Å². The van der Waals surface area contributed by atoms with Crippen LogP contribution in [0, 0.1) is 27.7 Å². The first-order valence-electron chi connectivity index (χ1n) is 24.1. The molecule has 76 heavy (non-hydrogen) atoms. The third-order valence-corrected chi connectivity index (χ3v) is 16.4. The Morgan fingerprint density at radius 3 is 0.816 bits per heavy atom. The number of halogens is 4. The molecule has 0 saturated carbocycles. The number of para-hydroxylation sites is 2. The van der Waals surface area contributed by atoms with Gasteiger partial charge in [0.2, 0.25) is 0 Å². The normalized spacial score (nSPS) is 15.2. The van der Waals surface area contributed by atoms with Gasteiger partial charge in [0.25, 0.3) is 0 Å². The zero-order valence-electron chi connectivity index (χ0n) is 45.7. The molecule has 0 saturated heterocycles.